The Morgan fingerprint density at radius 1 is 1.19 bits per heavy atom. The molecule has 5 rings (SSSR count). The standard InChI is InChI=1S/C24H21F5N4O4/c1-2-16-21(31-23(34)33-10-14-12-35-6-5-32(14)22(16)33)36-11-13-7-17(25)20(18(26)8-13)37-15-3-4-30-19(9-15)24(27,28)29/h3-4,7-9,14H,2,5-6,10-12H2,1H3. The number of hydrogen-bond donors (Lipinski definition) is 0. The largest absolute Gasteiger partial charge is 0.472 e. The Balaban J connectivity index is 1.37. The van der Waals surface area contributed by atoms with E-state index in [2.05, 4.69) is 14.9 Å². The molecule has 1 saturated heterocycles. The van der Waals surface area contributed by atoms with Gasteiger partial charge in [0.2, 0.25) is 5.88 Å². The Kier molecular flexibility index (Phi) is 6.48. The normalized spacial score (nSPS) is 16.9. The molecule has 1 aromatic carbocycles. The summed E-state index contributed by atoms with van der Waals surface area (Å²) in [5.41, 5.74) is -0.984. The van der Waals surface area contributed by atoms with Gasteiger partial charge in [0.1, 0.15) is 23.9 Å². The Hall–Kier alpha value is -3.74. The second kappa shape index (κ2) is 9.61. The molecule has 0 N–H and O–H groups in total. The van der Waals surface area contributed by atoms with Crippen molar-refractivity contribution >= 4 is 5.82 Å². The lowest BCUT2D eigenvalue weighted by Gasteiger charge is -2.31. The fourth-order valence-electron chi connectivity index (χ4n) is 4.47. The van der Waals surface area contributed by atoms with Crippen LogP contribution in [0.4, 0.5) is 27.8 Å². The minimum atomic E-state index is -4.74. The summed E-state index contributed by atoms with van der Waals surface area (Å²) in [7, 11) is 0. The van der Waals surface area contributed by atoms with E-state index in [0.717, 1.165) is 24.4 Å². The van der Waals surface area contributed by atoms with Crippen molar-refractivity contribution in [3.63, 3.8) is 0 Å². The molecule has 0 bridgehead atoms. The van der Waals surface area contributed by atoms with E-state index >= 15 is 0 Å². The molecular weight excluding hydrogens is 503 g/mol. The molecular formula is C24H21F5N4O4. The molecule has 2 aromatic heterocycles. The number of nitrogens with zero attached hydrogens (tertiary/aromatic N) is 4. The van der Waals surface area contributed by atoms with Gasteiger partial charge in [-0.1, -0.05) is 6.92 Å². The third-order valence-electron chi connectivity index (χ3n) is 6.13. The topological polar surface area (TPSA) is 78.7 Å². The van der Waals surface area contributed by atoms with Gasteiger partial charge >= 0.3 is 11.9 Å². The van der Waals surface area contributed by atoms with Gasteiger partial charge in [0, 0.05) is 18.8 Å². The lowest BCUT2D eigenvalue weighted by Crippen LogP contribution is -2.43. The number of alkyl halides is 3. The Labute approximate surface area is 207 Å². The van der Waals surface area contributed by atoms with Gasteiger partial charge in [-0.15, -0.1) is 0 Å². The predicted molar refractivity (Wildman–Crippen MR) is 120 cm³/mol. The number of halogens is 5. The molecule has 13 heteroatoms. The minimum absolute atomic E-state index is 0.0205. The Bertz CT molecular complexity index is 1370. The van der Waals surface area contributed by atoms with Crippen molar-refractivity contribution in [2.24, 2.45) is 0 Å². The molecule has 8 nitrogen and oxygen atoms in total. The third kappa shape index (κ3) is 4.82. The van der Waals surface area contributed by atoms with Gasteiger partial charge in [0.15, 0.2) is 17.4 Å². The van der Waals surface area contributed by atoms with E-state index in [0.29, 0.717) is 50.2 Å². The number of pyridine rings is 1. The van der Waals surface area contributed by atoms with Gasteiger partial charge in [0.05, 0.1) is 31.4 Å². The van der Waals surface area contributed by atoms with Crippen LogP contribution in [0.2, 0.25) is 0 Å². The van der Waals surface area contributed by atoms with E-state index in [9.17, 15) is 26.7 Å². The van der Waals surface area contributed by atoms with Gasteiger partial charge in [-0.3, -0.25) is 9.55 Å². The van der Waals surface area contributed by atoms with Gasteiger partial charge < -0.3 is 19.1 Å². The van der Waals surface area contributed by atoms with Gasteiger partial charge in [-0.2, -0.15) is 18.2 Å². The summed E-state index contributed by atoms with van der Waals surface area (Å²) < 4.78 is 85.8. The maximum absolute atomic E-state index is 14.7. The van der Waals surface area contributed by atoms with Crippen molar-refractivity contribution in [2.75, 3.05) is 24.7 Å². The van der Waals surface area contributed by atoms with E-state index in [4.69, 9.17) is 14.2 Å². The van der Waals surface area contributed by atoms with Crippen LogP contribution in [0.3, 0.4) is 0 Å². The smallest absolute Gasteiger partial charge is 0.433 e. The van der Waals surface area contributed by atoms with Crippen LogP contribution in [0.1, 0.15) is 23.7 Å². The van der Waals surface area contributed by atoms with Crippen LogP contribution >= 0.6 is 0 Å². The molecule has 196 valence electrons. The average Bonchev–Trinajstić information content (AvgIpc) is 3.25. The first kappa shape index (κ1) is 24.9. The van der Waals surface area contributed by atoms with Crippen molar-refractivity contribution in [1.82, 2.24) is 14.5 Å². The minimum Gasteiger partial charge on any atom is -0.472 e. The van der Waals surface area contributed by atoms with E-state index in [1.54, 1.807) is 4.57 Å². The highest BCUT2D eigenvalue weighted by Crippen LogP contribution is 2.35. The van der Waals surface area contributed by atoms with E-state index in [1.807, 2.05) is 6.92 Å². The molecule has 0 spiro atoms. The van der Waals surface area contributed by atoms with E-state index in [-0.39, 0.29) is 24.1 Å². The summed E-state index contributed by atoms with van der Waals surface area (Å²) in [5, 5.41) is 0. The molecule has 1 unspecified atom stereocenters. The summed E-state index contributed by atoms with van der Waals surface area (Å²) in [6, 6.07) is 3.49. The van der Waals surface area contributed by atoms with Crippen LogP contribution in [0.5, 0.6) is 17.4 Å². The fourth-order valence-corrected chi connectivity index (χ4v) is 4.47. The number of benzene rings is 1. The molecule has 4 heterocycles. The number of anilines is 1. The van der Waals surface area contributed by atoms with E-state index in [1.165, 1.54) is 0 Å². The first-order chi connectivity index (χ1) is 17.7. The molecule has 2 aliphatic heterocycles. The zero-order valence-corrected chi connectivity index (χ0v) is 19.5. The maximum atomic E-state index is 14.7. The highest BCUT2D eigenvalue weighted by atomic mass is 19.4. The summed E-state index contributed by atoms with van der Waals surface area (Å²) in [4.78, 5) is 22.0. The lowest BCUT2D eigenvalue weighted by molar-refractivity contribution is -0.141. The summed E-state index contributed by atoms with van der Waals surface area (Å²) in [6.45, 7) is 3.66. The molecule has 0 saturated carbocycles. The SMILES string of the molecule is CCc1c(OCc2cc(F)c(Oc3ccnc(C(F)(F)F)c3)c(F)c2)nc(=O)n2c1N1CCOCC1C2. The van der Waals surface area contributed by atoms with Crippen molar-refractivity contribution < 1.29 is 36.2 Å². The van der Waals surface area contributed by atoms with Gasteiger partial charge in [0.25, 0.3) is 0 Å². The zero-order valence-electron chi connectivity index (χ0n) is 19.5. The maximum Gasteiger partial charge on any atom is 0.433 e. The third-order valence-corrected chi connectivity index (χ3v) is 6.13. The molecule has 0 aliphatic carbocycles. The van der Waals surface area contributed by atoms with Crippen molar-refractivity contribution in [3.8, 4) is 17.4 Å². The number of ether oxygens (including phenoxy) is 3. The highest BCUT2D eigenvalue weighted by molar-refractivity contribution is 5.56. The van der Waals surface area contributed by atoms with Crippen LogP contribution in [0, 0.1) is 11.6 Å². The van der Waals surface area contributed by atoms with Gasteiger partial charge in [-0.25, -0.2) is 13.6 Å². The quantitative estimate of drug-likeness (QED) is 0.450. The monoisotopic (exact) mass is 524 g/mol. The van der Waals surface area contributed by atoms with Crippen LogP contribution in [0.15, 0.2) is 35.3 Å². The number of fused-ring (bicyclic) bond motifs is 3. The zero-order chi connectivity index (χ0) is 26.3. The summed E-state index contributed by atoms with van der Waals surface area (Å²) in [5.74, 6) is -2.80. The molecule has 37 heavy (non-hydrogen) atoms. The van der Waals surface area contributed by atoms with Crippen LogP contribution in [-0.4, -0.2) is 40.3 Å². The van der Waals surface area contributed by atoms with Crippen LogP contribution in [0.25, 0.3) is 0 Å². The predicted octanol–water partition coefficient (Wildman–Crippen LogP) is 4.09. The molecule has 2 aliphatic rings. The molecule has 3 aromatic rings. The van der Waals surface area contributed by atoms with E-state index < -0.39 is 40.7 Å². The molecule has 1 atom stereocenters. The second-order valence-electron chi connectivity index (χ2n) is 8.54. The second-order valence-corrected chi connectivity index (χ2v) is 8.54. The van der Waals surface area contributed by atoms with Crippen LogP contribution < -0.4 is 20.1 Å². The fraction of sp³-hybridized carbons (Fsp3) is 0.375. The highest BCUT2D eigenvalue weighted by Gasteiger charge is 2.36. The van der Waals surface area contributed by atoms with Gasteiger partial charge in [-0.05, 0) is 30.2 Å². The first-order valence-electron chi connectivity index (χ1n) is 11.5. The average molecular weight is 524 g/mol. The Morgan fingerprint density at radius 3 is 2.65 bits per heavy atom. The van der Waals surface area contributed by atoms with Crippen molar-refractivity contribution in [3.05, 3.63) is 69.4 Å². The first-order valence-corrected chi connectivity index (χ1v) is 11.5. The summed E-state index contributed by atoms with van der Waals surface area (Å²) in [6.07, 6.45) is -3.41. The number of rotatable bonds is 6. The number of morpholine rings is 1. The van der Waals surface area contributed by atoms with Crippen LogP contribution in [-0.2, 0) is 30.5 Å². The number of aromatic nitrogens is 3. The molecule has 1 fully saturated rings. The number of hydrogen-bond acceptors (Lipinski definition) is 7. The van der Waals surface area contributed by atoms with Crippen molar-refractivity contribution in [2.45, 2.75) is 38.7 Å². The Morgan fingerprint density at radius 2 is 1.95 bits per heavy atom. The molecule has 0 radical (unpaired) electrons. The lowest BCUT2D eigenvalue weighted by atomic mass is 10.2. The molecule has 0 amide bonds. The summed E-state index contributed by atoms with van der Waals surface area (Å²) >= 11 is 0. The van der Waals surface area contributed by atoms with Crippen molar-refractivity contribution in [1.29, 1.82) is 0 Å².